The minimum atomic E-state index is -3.59. The molecule has 2 aromatic rings. The molecule has 1 amide bonds. The van der Waals surface area contributed by atoms with Crippen LogP contribution in [0.1, 0.15) is 5.56 Å². The second-order valence-corrected chi connectivity index (χ2v) is 8.83. The maximum absolute atomic E-state index is 12.8. The molecule has 148 valence electrons. The fourth-order valence-corrected chi connectivity index (χ4v) is 5.07. The number of hydrogen-bond donors (Lipinski definition) is 1. The van der Waals surface area contributed by atoms with Gasteiger partial charge in [0.05, 0.1) is 24.7 Å². The van der Waals surface area contributed by atoms with E-state index in [2.05, 4.69) is 11.4 Å². The van der Waals surface area contributed by atoms with Crippen molar-refractivity contribution >= 4 is 27.3 Å². The van der Waals surface area contributed by atoms with Crippen molar-refractivity contribution in [2.45, 2.75) is 11.3 Å². The first-order valence-electron chi connectivity index (χ1n) is 9.35. The third-order valence-corrected chi connectivity index (χ3v) is 6.94. The summed E-state index contributed by atoms with van der Waals surface area (Å²) in [5.41, 5.74) is 2.81. The van der Waals surface area contributed by atoms with Crippen molar-refractivity contribution in [3.05, 3.63) is 54.1 Å². The van der Waals surface area contributed by atoms with Gasteiger partial charge >= 0.3 is 0 Å². The van der Waals surface area contributed by atoms with Gasteiger partial charge in [-0.3, -0.25) is 4.79 Å². The van der Waals surface area contributed by atoms with Crippen LogP contribution in [0, 0.1) is 0 Å². The maximum atomic E-state index is 12.8. The third-order valence-electron chi connectivity index (χ3n) is 5.04. The molecule has 1 saturated heterocycles. The number of fused-ring (bicyclic) bond motifs is 1. The molecule has 28 heavy (non-hydrogen) atoms. The van der Waals surface area contributed by atoms with Crippen LogP contribution in [0.2, 0.25) is 0 Å². The van der Waals surface area contributed by atoms with Crippen LogP contribution in [-0.4, -0.2) is 58.0 Å². The van der Waals surface area contributed by atoms with Crippen LogP contribution < -0.4 is 10.2 Å². The highest BCUT2D eigenvalue weighted by atomic mass is 32.2. The van der Waals surface area contributed by atoms with Crippen molar-refractivity contribution in [1.29, 1.82) is 0 Å². The van der Waals surface area contributed by atoms with Crippen molar-refractivity contribution in [3.8, 4) is 0 Å². The zero-order valence-electron chi connectivity index (χ0n) is 15.5. The number of nitrogens with zero attached hydrogens (tertiary/aromatic N) is 2. The predicted octanol–water partition coefficient (Wildman–Crippen LogP) is 1.71. The molecule has 0 atom stereocenters. The molecule has 0 radical (unpaired) electrons. The molecule has 2 aromatic carbocycles. The monoisotopic (exact) mass is 401 g/mol. The molecule has 0 aromatic heterocycles. The largest absolute Gasteiger partial charge is 0.379 e. The van der Waals surface area contributed by atoms with Gasteiger partial charge in [0.1, 0.15) is 0 Å². The Hall–Kier alpha value is -2.42. The quantitative estimate of drug-likeness (QED) is 0.825. The zero-order chi connectivity index (χ0) is 19.6. The van der Waals surface area contributed by atoms with E-state index in [4.69, 9.17) is 4.74 Å². The molecule has 0 aliphatic carbocycles. The Morgan fingerprint density at radius 3 is 2.64 bits per heavy atom. The molecule has 7 nitrogen and oxygen atoms in total. The van der Waals surface area contributed by atoms with Gasteiger partial charge in [-0.1, -0.05) is 24.3 Å². The summed E-state index contributed by atoms with van der Waals surface area (Å²) in [5, 5.41) is 2.83. The van der Waals surface area contributed by atoms with E-state index < -0.39 is 10.0 Å². The van der Waals surface area contributed by atoms with E-state index in [1.165, 1.54) is 15.9 Å². The van der Waals surface area contributed by atoms with Gasteiger partial charge in [-0.25, -0.2) is 8.42 Å². The molecule has 4 rings (SSSR count). The molecule has 2 aliphatic heterocycles. The fourth-order valence-electron chi connectivity index (χ4n) is 3.62. The molecule has 1 fully saturated rings. The number of carbonyl (C=O) groups excluding carboxylic acids is 1. The summed E-state index contributed by atoms with van der Waals surface area (Å²) < 4.78 is 32.2. The molecule has 2 aliphatic rings. The van der Waals surface area contributed by atoms with Crippen LogP contribution in [0.5, 0.6) is 0 Å². The second-order valence-electron chi connectivity index (χ2n) is 6.89. The first-order valence-corrected chi connectivity index (χ1v) is 10.8. The molecule has 8 heteroatoms. The summed E-state index contributed by atoms with van der Waals surface area (Å²) in [6.45, 7) is 2.51. The van der Waals surface area contributed by atoms with E-state index in [1.54, 1.807) is 18.2 Å². The number of rotatable bonds is 5. The van der Waals surface area contributed by atoms with E-state index in [0.29, 0.717) is 32.0 Å². The van der Waals surface area contributed by atoms with Crippen molar-refractivity contribution in [3.63, 3.8) is 0 Å². The van der Waals surface area contributed by atoms with Gasteiger partial charge in [0.15, 0.2) is 0 Å². The summed E-state index contributed by atoms with van der Waals surface area (Å²) in [6.07, 6.45) is 0.927. The summed E-state index contributed by atoms with van der Waals surface area (Å²) >= 11 is 0. The molecule has 2 heterocycles. The molecule has 0 bridgehead atoms. The minimum absolute atomic E-state index is 0.169. The van der Waals surface area contributed by atoms with Crippen molar-refractivity contribution in [2.75, 3.05) is 49.6 Å². The summed E-state index contributed by atoms with van der Waals surface area (Å²) in [4.78, 5) is 14.7. The average Bonchev–Trinajstić information content (AvgIpc) is 3.12. The Kier molecular flexibility index (Phi) is 5.34. The van der Waals surface area contributed by atoms with Crippen molar-refractivity contribution in [2.24, 2.45) is 0 Å². The minimum Gasteiger partial charge on any atom is -0.379 e. The van der Waals surface area contributed by atoms with Gasteiger partial charge < -0.3 is 15.0 Å². The lowest BCUT2D eigenvalue weighted by Gasteiger charge is -2.26. The SMILES string of the molecule is O=C(CN1CCc2ccccc21)Nc1cccc(S(=O)(=O)N2CCOCC2)c1. The van der Waals surface area contributed by atoms with E-state index in [0.717, 1.165) is 18.7 Å². The normalized spacial score (nSPS) is 17.4. The van der Waals surface area contributed by atoms with Gasteiger partial charge in [0.2, 0.25) is 15.9 Å². The third kappa shape index (κ3) is 3.89. The zero-order valence-corrected chi connectivity index (χ0v) is 16.3. The molecule has 0 saturated carbocycles. The average molecular weight is 401 g/mol. The highest BCUT2D eigenvalue weighted by Crippen LogP contribution is 2.27. The number of anilines is 2. The number of para-hydroxylation sites is 1. The van der Waals surface area contributed by atoms with E-state index in [1.807, 2.05) is 23.1 Å². The van der Waals surface area contributed by atoms with Crippen LogP contribution >= 0.6 is 0 Å². The number of benzene rings is 2. The number of hydrogen-bond acceptors (Lipinski definition) is 5. The fraction of sp³-hybridized carbons (Fsp3) is 0.350. The van der Waals surface area contributed by atoms with Crippen LogP contribution in [-0.2, 0) is 26.0 Å². The number of amides is 1. The summed E-state index contributed by atoms with van der Waals surface area (Å²) in [7, 11) is -3.59. The summed E-state index contributed by atoms with van der Waals surface area (Å²) in [6, 6.07) is 14.5. The van der Waals surface area contributed by atoms with Crippen LogP contribution in [0.25, 0.3) is 0 Å². The predicted molar refractivity (Wildman–Crippen MR) is 107 cm³/mol. The first kappa shape index (κ1) is 18.9. The van der Waals surface area contributed by atoms with Crippen LogP contribution in [0.3, 0.4) is 0 Å². The number of morpholine rings is 1. The van der Waals surface area contributed by atoms with Gasteiger partial charge in [-0.15, -0.1) is 0 Å². The Bertz CT molecular complexity index is 971. The standard InChI is InChI=1S/C20H23N3O4S/c24-20(15-22-9-8-16-4-1-2-7-19(16)22)21-17-5-3-6-18(14-17)28(25,26)23-10-12-27-13-11-23/h1-7,14H,8-13,15H2,(H,21,24). The number of sulfonamides is 1. The Morgan fingerprint density at radius 1 is 1.04 bits per heavy atom. The number of ether oxygens (including phenoxy) is 1. The Morgan fingerprint density at radius 2 is 1.82 bits per heavy atom. The first-order chi connectivity index (χ1) is 13.5. The van der Waals surface area contributed by atoms with Gasteiger partial charge in [0, 0.05) is 31.0 Å². The molecule has 0 spiro atoms. The molecule has 1 N–H and O–H groups in total. The number of carbonyl (C=O) groups is 1. The topological polar surface area (TPSA) is 79.0 Å². The Balaban J connectivity index is 1.44. The molecule has 0 unspecified atom stereocenters. The maximum Gasteiger partial charge on any atom is 0.243 e. The highest BCUT2D eigenvalue weighted by Gasteiger charge is 2.26. The van der Waals surface area contributed by atoms with Crippen molar-refractivity contribution < 1.29 is 17.9 Å². The van der Waals surface area contributed by atoms with Gasteiger partial charge in [-0.05, 0) is 36.2 Å². The van der Waals surface area contributed by atoms with E-state index >= 15 is 0 Å². The second kappa shape index (κ2) is 7.90. The molecular formula is C20H23N3O4S. The smallest absolute Gasteiger partial charge is 0.243 e. The number of nitrogens with one attached hydrogen (secondary N) is 1. The highest BCUT2D eigenvalue weighted by molar-refractivity contribution is 7.89. The lowest BCUT2D eigenvalue weighted by Crippen LogP contribution is -2.40. The van der Waals surface area contributed by atoms with Crippen molar-refractivity contribution in [1.82, 2.24) is 4.31 Å². The van der Waals surface area contributed by atoms with Gasteiger partial charge in [-0.2, -0.15) is 4.31 Å². The summed E-state index contributed by atoms with van der Waals surface area (Å²) in [5.74, 6) is -0.169. The lowest BCUT2D eigenvalue weighted by atomic mass is 10.2. The Labute approximate surface area is 165 Å². The molecular weight excluding hydrogens is 378 g/mol. The van der Waals surface area contributed by atoms with E-state index in [-0.39, 0.29) is 17.3 Å². The van der Waals surface area contributed by atoms with Crippen LogP contribution in [0.15, 0.2) is 53.4 Å². The lowest BCUT2D eigenvalue weighted by molar-refractivity contribution is -0.115. The van der Waals surface area contributed by atoms with Crippen LogP contribution in [0.4, 0.5) is 11.4 Å². The van der Waals surface area contributed by atoms with E-state index in [9.17, 15) is 13.2 Å². The van der Waals surface area contributed by atoms with Gasteiger partial charge in [0.25, 0.3) is 0 Å².